The summed E-state index contributed by atoms with van der Waals surface area (Å²) >= 11 is 0. The summed E-state index contributed by atoms with van der Waals surface area (Å²) < 4.78 is 5.29. The molecule has 0 rings (SSSR count). The van der Waals surface area contributed by atoms with E-state index in [0.717, 1.165) is 25.9 Å². The number of ether oxygens (including phenoxy) is 1. The van der Waals surface area contributed by atoms with E-state index in [9.17, 15) is 5.11 Å². The molecule has 0 aliphatic carbocycles. The van der Waals surface area contributed by atoms with Gasteiger partial charge in [0.05, 0.1) is 12.7 Å². The van der Waals surface area contributed by atoms with Crippen LogP contribution >= 0.6 is 0 Å². The molecule has 2 nitrogen and oxygen atoms in total. The van der Waals surface area contributed by atoms with Crippen molar-refractivity contribution in [2.45, 2.75) is 39.2 Å². The predicted molar refractivity (Wildman–Crippen MR) is 40.5 cm³/mol. The van der Waals surface area contributed by atoms with Crippen molar-refractivity contribution in [1.82, 2.24) is 0 Å². The predicted octanol–water partition coefficient (Wildman–Crippen LogP) is 2.01. The van der Waals surface area contributed by atoms with Crippen LogP contribution in [0.2, 0.25) is 0 Å². The molecule has 0 N–H and O–H groups in total. The maximum Gasteiger partial charge on any atom is 0.0822 e. The van der Waals surface area contributed by atoms with E-state index in [1.165, 1.54) is 0 Å². The normalized spacial score (nSPS) is 10.8. The Morgan fingerprint density at radius 3 is 2.40 bits per heavy atom. The molecule has 0 aromatic heterocycles. The average molecular weight is 145 g/mol. The molecule has 0 aromatic carbocycles. The van der Waals surface area contributed by atoms with Crippen LogP contribution in [0.4, 0.5) is 0 Å². The van der Waals surface area contributed by atoms with Gasteiger partial charge in [-0.25, -0.2) is 5.11 Å². The Balaban J connectivity index is 2.77. The van der Waals surface area contributed by atoms with Gasteiger partial charge in [0.2, 0.25) is 0 Å². The second kappa shape index (κ2) is 7.03. The number of unbranched alkanes of at least 4 members (excludes halogenated alkanes) is 2. The van der Waals surface area contributed by atoms with Crippen LogP contribution in [-0.4, -0.2) is 19.3 Å². The summed E-state index contributed by atoms with van der Waals surface area (Å²) in [6.45, 7) is 4.90. The molecule has 0 bridgehead atoms. The molecule has 2 heteroatoms. The third-order valence-corrected chi connectivity index (χ3v) is 1.24. The summed E-state index contributed by atoms with van der Waals surface area (Å²) in [6.07, 6.45) is 3.16. The lowest BCUT2D eigenvalue weighted by molar-refractivity contribution is 0.0741. The number of rotatable bonds is 6. The Kier molecular flexibility index (Phi) is 6.98. The van der Waals surface area contributed by atoms with Gasteiger partial charge in [-0.15, -0.1) is 0 Å². The van der Waals surface area contributed by atoms with E-state index in [4.69, 9.17) is 4.74 Å². The van der Waals surface area contributed by atoms with Crippen molar-refractivity contribution in [3.63, 3.8) is 0 Å². The fourth-order valence-electron chi connectivity index (χ4n) is 0.700. The molecule has 0 aliphatic rings. The molecule has 0 fully saturated rings. The minimum absolute atomic E-state index is 0.0572. The highest BCUT2D eigenvalue weighted by molar-refractivity contribution is 4.41. The number of hydrogen-bond acceptors (Lipinski definition) is 1. The van der Waals surface area contributed by atoms with Crippen LogP contribution < -0.4 is 0 Å². The molecule has 0 amide bonds. The molecule has 0 heterocycles. The van der Waals surface area contributed by atoms with Crippen molar-refractivity contribution >= 4 is 0 Å². The first-order chi connectivity index (χ1) is 4.77. The first-order valence-corrected chi connectivity index (χ1v) is 3.97. The lowest BCUT2D eigenvalue weighted by Gasteiger charge is -2.05. The third kappa shape index (κ3) is 7.92. The van der Waals surface area contributed by atoms with Crippen molar-refractivity contribution in [2.75, 3.05) is 13.2 Å². The fraction of sp³-hybridized carbons (Fsp3) is 1.00. The molecule has 0 saturated heterocycles. The molecule has 61 valence electrons. The van der Waals surface area contributed by atoms with E-state index in [2.05, 4.69) is 0 Å². The molecule has 0 aromatic rings. The van der Waals surface area contributed by atoms with Gasteiger partial charge in [0.25, 0.3) is 0 Å². The second-order valence-corrected chi connectivity index (χ2v) is 2.68. The Bertz CT molecular complexity index is 62.3. The van der Waals surface area contributed by atoms with Crippen molar-refractivity contribution in [1.29, 1.82) is 0 Å². The van der Waals surface area contributed by atoms with Crippen molar-refractivity contribution < 1.29 is 9.84 Å². The smallest absolute Gasteiger partial charge is 0.0822 e. The monoisotopic (exact) mass is 145 g/mol. The minimum Gasteiger partial charge on any atom is -0.379 e. The summed E-state index contributed by atoms with van der Waals surface area (Å²) in [6, 6.07) is 0. The van der Waals surface area contributed by atoms with Gasteiger partial charge >= 0.3 is 0 Å². The molecule has 10 heavy (non-hydrogen) atoms. The van der Waals surface area contributed by atoms with Gasteiger partial charge in [-0.3, -0.25) is 0 Å². The van der Waals surface area contributed by atoms with Crippen LogP contribution in [0.5, 0.6) is 0 Å². The quantitative estimate of drug-likeness (QED) is 0.526. The minimum atomic E-state index is 0.0572. The van der Waals surface area contributed by atoms with Gasteiger partial charge in [0.1, 0.15) is 0 Å². The highest BCUT2D eigenvalue weighted by atomic mass is 16.5. The third-order valence-electron chi connectivity index (χ3n) is 1.24. The molecule has 0 aliphatic heterocycles. The zero-order valence-corrected chi connectivity index (χ0v) is 6.93. The summed E-state index contributed by atoms with van der Waals surface area (Å²) in [5.74, 6) is 0. The molecular weight excluding hydrogens is 128 g/mol. The zero-order chi connectivity index (χ0) is 7.82. The van der Waals surface area contributed by atoms with E-state index in [-0.39, 0.29) is 6.61 Å². The van der Waals surface area contributed by atoms with E-state index in [0.29, 0.717) is 6.10 Å². The maximum absolute atomic E-state index is 9.99. The van der Waals surface area contributed by atoms with Gasteiger partial charge in [-0.2, -0.15) is 0 Å². The Hall–Kier alpha value is -0.0800. The van der Waals surface area contributed by atoms with Crippen LogP contribution in [0, 0.1) is 0 Å². The van der Waals surface area contributed by atoms with Crippen LogP contribution in [0.25, 0.3) is 0 Å². The standard InChI is InChI=1S/C8H17O2/c1-8(2)10-7-5-3-4-6-9/h8H,3-7H2,1-2H3. The molecule has 1 radical (unpaired) electrons. The van der Waals surface area contributed by atoms with Crippen LogP contribution in [0.15, 0.2) is 0 Å². The van der Waals surface area contributed by atoms with Gasteiger partial charge in [-0.1, -0.05) is 0 Å². The molecule has 0 saturated carbocycles. The lowest BCUT2D eigenvalue weighted by atomic mass is 10.2. The molecular formula is C8H17O2. The highest BCUT2D eigenvalue weighted by Gasteiger charge is 1.92. The van der Waals surface area contributed by atoms with E-state index in [1.54, 1.807) is 0 Å². The van der Waals surface area contributed by atoms with Crippen molar-refractivity contribution in [3.05, 3.63) is 0 Å². The Labute approximate surface area is 63.2 Å². The zero-order valence-electron chi connectivity index (χ0n) is 6.93. The van der Waals surface area contributed by atoms with Crippen LogP contribution in [0.3, 0.4) is 0 Å². The summed E-state index contributed by atoms with van der Waals surface area (Å²) in [4.78, 5) is 0. The van der Waals surface area contributed by atoms with Crippen LogP contribution in [0.1, 0.15) is 33.1 Å². The van der Waals surface area contributed by atoms with Crippen LogP contribution in [-0.2, 0) is 9.84 Å². The SMILES string of the molecule is CC(C)OCCCCC[O]. The fourth-order valence-corrected chi connectivity index (χ4v) is 0.700. The Morgan fingerprint density at radius 1 is 1.20 bits per heavy atom. The molecule has 0 atom stereocenters. The lowest BCUT2D eigenvalue weighted by Crippen LogP contribution is -2.03. The van der Waals surface area contributed by atoms with Gasteiger partial charge in [0, 0.05) is 6.61 Å². The second-order valence-electron chi connectivity index (χ2n) is 2.68. The topological polar surface area (TPSA) is 29.1 Å². The highest BCUT2D eigenvalue weighted by Crippen LogP contribution is 1.96. The van der Waals surface area contributed by atoms with Crippen molar-refractivity contribution in [2.24, 2.45) is 0 Å². The first kappa shape index (κ1) is 9.92. The molecule has 0 unspecified atom stereocenters. The van der Waals surface area contributed by atoms with Gasteiger partial charge in [-0.05, 0) is 33.1 Å². The maximum atomic E-state index is 9.99. The largest absolute Gasteiger partial charge is 0.379 e. The summed E-state index contributed by atoms with van der Waals surface area (Å²) in [5.41, 5.74) is 0. The van der Waals surface area contributed by atoms with Gasteiger partial charge < -0.3 is 4.74 Å². The summed E-state index contributed by atoms with van der Waals surface area (Å²) in [5, 5.41) is 9.99. The van der Waals surface area contributed by atoms with E-state index in [1.807, 2.05) is 13.8 Å². The van der Waals surface area contributed by atoms with Gasteiger partial charge in [0.15, 0.2) is 0 Å². The van der Waals surface area contributed by atoms with E-state index < -0.39 is 0 Å². The van der Waals surface area contributed by atoms with Crippen molar-refractivity contribution in [3.8, 4) is 0 Å². The number of hydrogen-bond donors (Lipinski definition) is 0. The first-order valence-electron chi connectivity index (χ1n) is 3.97. The molecule has 0 spiro atoms. The average Bonchev–Trinajstić information content (AvgIpc) is 1.87. The Morgan fingerprint density at radius 2 is 1.90 bits per heavy atom. The van der Waals surface area contributed by atoms with E-state index >= 15 is 0 Å². The summed E-state index contributed by atoms with van der Waals surface area (Å²) in [7, 11) is 0.